The Kier molecular flexibility index (Phi) is 3.30. The Balaban J connectivity index is 1.90. The number of carbonyl (C=O) groups is 1. The highest BCUT2D eigenvalue weighted by Gasteiger charge is 2.12. The van der Waals surface area contributed by atoms with Gasteiger partial charge in [-0.2, -0.15) is 0 Å². The summed E-state index contributed by atoms with van der Waals surface area (Å²) in [5.74, 6) is -0.286. The number of nitrogen functional groups attached to an aromatic ring is 1. The minimum Gasteiger partial charge on any atom is -0.398 e. The van der Waals surface area contributed by atoms with Crippen LogP contribution >= 0.6 is 22.9 Å². The van der Waals surface area contributed by atoms with Gasteiger partial charge < -0.3 is 11.1 Å². The first-order valence-corrected chi connectivity index (χ1v) is 7.09. The molecule has 3 N–H and O–H groups in total. The summed E-state index contributed by atoms with van der Waals surface area (Å²) in [6, 6.07) is 10.5. The van der Waals surface area contributed by atoms with E-state index in [4.69, 9.17) is 17.3 Å². The summed E-state index contributed by atoms with van der Waals surface area (Å²) in [5.41, 5.74) is 9.82. The Morgan fingerprint density at radius 3 is 3.00 bits per heavy atom. The Hall–Kier alpha value is -2.11. The molecule has 0 aliphatic heterocycles. The van der Waals surface area contributed by atoms with E-state index in [9.17, 15) is 4.79 Å². The number of thiazole rings is 1. The molecule has 1 amide bonds. The largest absolute Gasteiger partial charge is 0.398 e. The van der Waals surface area contributed by atoms with Crippen LogP contribution < -0.4 is 11.1 Å². The van der Waals surface area contributed by atoms with Crippen molar-refractivity contribution in [1.82, 2.24) is 4.98 Å². The van der Waals surface area contributed by atoms with Crippen molar-refractivity contribution in [1.29, 1.82) is 0 Å². The Morgan fingerprint density at radius 1 is 1.30 bits per heavy atom. The number of aromatic nitrogens is 1. The molecule has 3 rings (SSSR count). The molecule has 0 radical (unpaired) electrons. The lowest BCUT2D eigenvalue weighted by Crippen LogP contribution is -2.12. The first kappa shape index (κ1) is 12.9. The van der Waals surface area contributed by atoms with Gasteiger partial charge in [0, 0.05) is 5.69 Å². The predicted molar refractivity (Wildman–Crippen MR) is 83.4 cm³/mol. The molecule has 0 unspecified atom stereocenters. The van der Waals surface area contributed by atoms with Crippen molar-refractivity contribution >= 4 is 50.4 Å². The topological polar surface area (TPSA) is 68.0 Å². The van der Waals surface area contributed by atoms with Crippen LogP contribution in [0, 0.1) is 0 Å². The second-order valence-electron chi connectivity index (χ2n) is 4.20. The third-order valence-electron chi connectivity index (χ3n) is 2.86. The van der Waals surface area contributed by atoms with Crippen molar-refractivity contribution in [3.8, 4) is 0 Å². The van der Waals surface area contributed by atoms with Gasteiger partial charge >= 0.3 is 0 Å². The van der Waals surface area contributed by atoms with Gasteiger partial charge in [0.1, 0.15) is 0 Å². The maximum absolute atomic E-state index is 12.2. The monoisotopic (exact) mass is 303 g/mol. The number of hydrogen-bond acceptors (Lipinski definition) is 4. The van der Waals surface area contributed by atoms with Gasteiger partial charge in [-0.25, -0.2) is 4.98 Å². The normalized spacial score (nSPS) is 10.7. The molecule has 0 aliphatic rings. The Morgan fingerprint density at radius 2 is 2.15 bits per heavy atom. The lowest BCUT2D eigenvalue weighted by atomic mass is 10.2. The zero-order valence-electron chi connectivity index (χ0n) is 10.3. The molecule has 4 nitrogen and oxygen atoms in total. The fraction of sp³-hybridized carbons (Fsp3) is 0. The molecule has 6 heteroatoms. The molecule has 0 atom stereocenters. The zero-order valence-corrected chi connectivity index (χ0v) is 11.8. The summed E-state index contributed by atoms with van der Waals surface area (Å²) in [6.07, 6.45) is 0. The van der Waals surface area contributed by atoms with E-state index in [2.05, 4.69) is 10.3 Å². The fourth-order valence-corrected chi connectivity index (χ4v) is 2.78. The minimum absolute atomic E-state index is 0.267. The zero-order chi connectivity index (χ0) is 14.1. The highest BCUT2D eigenvalue weighted by molar-refractivity contribution is 7.16. The minimum atomic E-state index is -0.286. The van der Waals surface area contributed by atoms with Gasteiger partial charge in [0.25, 0.3) is 5.91 Å². The van der Waals surface area contributed by atoms with E-state index in [1.807, 2.05) is 12.1 Å². The number of nitrogens with one attached hydrogen (secondary N) is 1. The van der Waals surface area contributed by atoms with Gasteiger partial charge in [0.2, 0.25) is 0 Å². The standard InChI is InChI=1S/C14H10ClN3OS/c15-13-9(2-1-3-10(13)16)14(19)18-8-4-5-11-12(6-8)20-7-17-11/h1-7H,16H2,(H,18,19). The Labute approximate surface area is 124 Å². The Bertz CT molecular complexity index is 800. The highest BCUT2D eigenvalue weighted by Crippen LogP contribution is 2.25. The maximum Gasteiger partial charge on any atom is 0.257 e. The van der Waals surface area contributed by atoms with Crippen molar-refractivity contribution in [2.45, 2.75) is 0 Å². The summed E-state index contributed by atoms with van der Waals surface area (Å²) >= 11 is 7.56. The van der Waals surface area contributed by atoms with Crippen LogP contribution in [0.1, 0.15) is 10.4 Å². The van der Waals surface area contributed by atoms with E-state index in [-0.39, 0.29) is 10.9 Å². The number of halogens is 1. The molecule has 0 saturated heterocycles. The van der Waals surface area contributed by atoms with E-state index < -0.39 is 0 Å². The second-order valence-corrected chi connectivity index (χ2v) is 5.46. The fourth-order valence-electron chi connectivity index (χ4n) is 1.86. The number of benzene rings is 2. The van der Waals surface area contributed by atoms with Crippen molar-refractivity contribution in [2.24, 2.45) is 0 Å². The molecule has 0 bridgehead atoms. The van der Waals surface area contributed by atoms with Gasteiger partial charge in [0.05, 0.1) is 32.0 Å². The number of nitrogens with two attached hydrogens (primary N) is 1. The molecule has 20 heavy (non-hydrogen) atoms. The van der Waals surface area contributed by atoms with Gasteiger partial charge in [-0.05, 0) is 30.3 Å². The molecule has 2 aromatic carbocycles. The molecule has 0 saturated carbocycles. The van der Waals surface area contributed by atoms with E-state index in [0.29, 0.717) is 16.9 Å². The second kappa shape index (κ2) is 5.11. The first-order chi connectivity index (χ1) is 9.65. The highest BCUT2D eigenvalue weighted by atomic mass is 35.5. The number of amides is 1. The number of nitrogens with zero attached hydrogens (tertiary/aromatic N) is 1. The molecular weight excluding hydrogens is 294 g/mol. The van der Waals surface area contributed by atoms with E-state index in [1.165, 1.54) is 11.3 Å². The number of fused-ring (bicyclic) bond motifs is 1. The van der Waals surface area contributed by atoms with Crippen LogP contribution in [0.2, 0.25) is 5.02 Å². The third-order valence-corrected chi connectivity index (χ3v) is 4.08. The van der Waals surface area contributed by atoms with E-state index in [0.717, 1.165) is 10.2 Å². The van der Waals surface area contributed by atoms with Gasteiger partial charge in [-0.15, -0.1) is 11.3 Å². The first-order valence-electron chi connectivity index (χ1n) is 5.84. The van der Waals surface area contributed by atoms with Crippen LogP contribution in [0.15, 0.2) is 41.9 Å². The maximum atomic E-state index is 12.2. The van der Waals surface area contributed by atoms with E-state index >= 15 is 0 Å². The molecule has 0 spiro atoms. The van der Waals surface area contributed by atoms with Gasteiger partial charge in [-0.1, -0.05) is 17.7 Å². The molecule has 0 fully saturated rings. The summed E-state index contributed by atoms with van der Waals surface area (Å²) in [5, 5.41) is 3.08. The quantitative estimate of drug-likeness (QED) is 0.708. The van der Waals surface area contributed by atoms with Crippen molar-refractivity contribution < 1.29 is 4.79 Å². The van der Waals surface area contributed by atoms with Crippen LogP contribution in [0.25, 0.3) is 10.2 Å². The lowest BCUT2D eigenvalue weighted by Gasteiger charge is -2.08. The summed E-state index contributed by atoms with van der Waals surface area (Å²) in [7, 11) is 0. The lowest BCUT2D eigenvalue weighted by molar-refractivity contribution is 0.102. The van der Waals surface area contributed by atoms with Crippen LogP contribution in [0.4, 0.5) is 11.4 Å². The number of rotatable bonds is 2. The van der Waals surface area contributed by atoms with Crippen molar-refractivity contribution in [3.05, 3.63) is 52.5 Å². The number of hydrogen-bond donors (Lipinski definition) is 2. The molecule has 3 aromatic rings. The summed E-state index contributed by atoms with van der Waals surface area (Å²) in [6.45, 7) is 0. The smallest absolute Gasteiger partial charge is 0.257 e. The number of carbonyl (C=O) groups excluding carboxylic acids is 1. The van der Waals surface area contributed by atoms with Crippen LogP contribution in [0.3, 0.4) is 0 Å². The van der Waals surface area contributed by atoms with Crippen LogP contribution in [-0.2, 0) is 0 Å². The third kappa shape index (κ3) is 2.33. The molecule has 100 valence electrons. The van der Waals surface area contributed by atoms with E-state index in [1.54, 1.807) is 29.8 Å². The predicted octanol–water partition coefficient (Wildman–Crippen LogP) is 3.78. The molecule has 1 heterocycles. The molecular formula is C14H10ClN3OS. The van der Waals surface area contributed by atoms with Gasteiger partial charge in [0.15, 0.2) is 0 Å². The molecule has 1 aromatic heterocycles. The van der Waals surface area contributed by atoms with Crippen LogP contribution in [-0.4, -0.2) is 10.9 Å². The van der Waals surface area contributed by atoms with Crippen molar-refractivity contribution in [2.75, 3.05) is 11.1 Å². The summed E-state index contributed by atoms with van der Waals surface area (Å²) in [4.78, 5) is 16.4. The average Bonchev–Trinajstić information content (AvgIpc) is 2.89. The number of anilines is 2. The molecule has 0 aliphatic carbocycles. The van der Waals surface area contributed by atoms with Crippen molar-refractivity contribution in [3.63, 3.8) is 0 Å². The average molecular weight is 304 g/mol. The van der Waals surface area contributed by atoms with Gasteiger partial charge in [-0.3, -0.25) is 4.79 Å². The SMILES string of the molecule is Nc1cccc(C(=O)Nc2ccc3ncsc3c2)c1Cl. The summed E-state index contributed by atoms with van der Waals surface area (Å²) < 4.78 is 1.02. The van der Waals surface area contributed by atoms with Crippen LogP contribution in [0.5, 0.6) is 0 Å².